The second-order valence-corrected chi connectivity index (χ2v) is 6.95. The number of carbonyl (C=O) groups excluding carboxylic acids is 1. The van der Waals surface area contributed by atoms with E-state index in [-0.39, 0.29) is 11.2 Å². The van der Waals surface area contributed by atoms with Crippen LogP contribution in [0, 0.1) is 0 Å². The van der Waals surface area contributed by atoms with Crippen LogP contribution in [0.5, 0.6) is 11.5 Å². The Morgan fingerprint density at radius 3 is 2.77 bits per heavy atom. The molecule has 0 radical (unpaired) electrons. The monoisotopic (exact) mass is 338 g/mol. The van der Waals surface area contributed by atoms with E-state index in [1.165, 1.54) is 23.1 Å². The molecule has 118 valence electrons. The van der Waals surface area contributed by atoms with Crippen molar-refractivity contribution < 1.29 is 14.3 Å². The number of aromatic nitrogens is 1. The molecule has 0 saturated carbocycles. The summed E-state index contributed by atoms with van der Waals surface area (Å²) in [5, 5.41) is 4.63. The molecule has 1 atom stereocenters. The lowest BCUT2D eigenvalue weighted by Crippen LogP contribution is -2.30. The summed E-state index contributed by atoms with van der Waals surface area (Å²) in [5.41, 5.74) is 0.956. The summed E-state index contributed by atoms with van der Waals surface area (Å²) in [4.78, 5) is 16.3. The van der Waals surface area contributed by atoms with Gasteiger partial charge in [0, 0.05) is 18.1 Å². The van der Waals surface area contributed by atoms with Gasteiger partial charge in [0.2, 0.25) is 5.91 Å². The van der Waals surface area contributed by atoms with Crippen LogP contribution in [-0.2, 0) is 11.3 Å². The Balaban J connectivity index is 1.90. The van der Waals surface area contributed by atoms with Crippen molar-refractivity contribution in [3.63, 3.8) is 0 Å². The summed E-state index contributed by atoms with van der Waals surface area (Å²) in [6.07, 6.45) is 1.74. The highest BCUT2D eigenvalue weighted by molar-refractivity contribution is 8.02. The zero-order valence-electron chi connectivity index (χ0n) is 12.7. The van der Waals surface area contributed by atoms with Crippen molar-refractivity contribution in [2.24, 2.45) is 0 Å². The Kier molecular flexibility index (Phi) is 6.09. The summed E-state index contributed by atoms with van der Waals surface area (Å²) >= 11 is 2.99. The van der Waals surface area contributed by atoms with Gasteiger partial charge in [-0.05, 0) is 24.6 Å². The van der Waals surface area contributed by atoms with Gasteiger partial charge < -0.3 is 14.8 Å². The van der Waals surface area contributed by atoms with Crippen LogP contribution in [0.3, 0.4) is 0 Å². The van der Waals surface area contributed by atoms with Crippen molar-refractivity contribution in [1.29, 1.82) is 0 Å². The maximum absolute atomic E-state index is 12.1. The van der Waals surface area contributed by atoms with E-state index in [1.807, 2.05) is 30.5 Å². The van der Waals surface area contributed by atoms with Crippen LogP contribution in [0.15, 0.2) is 34.1 Å². The second kappa shape index (κ2) is 8.05. The van der Waals surface area contributed by atoms with Crippen molar-refractivity contribution in [3.8, 4) is 11.5 Å². The number of methoxy groups -OCH3 is 2. The maximum Gasteiger partial charge on any atom is 0.233 e. The number of ether oxygens (including phenoxy) is 2. The average Bonchev–Trinajstić information content (AvgIpc) is 3.05. The third kappa shape index (κ3) is 4.38. The lowest BCUT2D eigenvalue weighted by Gasteiger charge is -2.12. The lowest BCUT2D eigenvalue weighted by molar-refractivity contribution is -0.120. The number of hydrogen-bond acceptors (Lipinski definition) is 6. The van der Waals surface area contributed by atoms with Gasteiger partial charge in [0.15, 0.2) is 15.8 Å². The first-order valence-electron chi connectivity index (χ1n) is 6.68. The maximum atomic E-state index is 12.1. The van der Waals surface area contributed by atoms with Gasteiger partial charge in [-0.1, -0.05) is 17.8 Å². The number of benzene rings is 1. The number of rotatable bonds is 7. The molecule has 5 nitrogen and oxygen atoms in total. The van der Waals surface area contributed by atoms with E-state index in [9.17, 15) is 4.79 Å². The molecule has 2 aromatic rings. The van der Waals surface area contributed by atoms with Gasteiger partial charge in [-0.25, -0.2) is 4.98 Å². The third-order valence-corrected chi connectivity index (χ3v) is 4.99. The second-order valence-electron chi connectivity index (χ2n) is 4.47. The standard InChI is InChI=1S/C15H18N2O3S2/c1-10(22-15-16-6-7-21-15)14(18)17-9-11-4-5-12(19-2)13(8-11)20-3/h4-8,10H,9H2,1-3H3,(H,17,18). The number of amides is 1. The van der Waals surface area contributed by atoms with Crippen LogP contribution in [0.1, 0.15) is 12.5 Å². The van der Waals surface area contributed by atoms with Crippen LogP contribution in [0.4, 0.5) is 0 Å². The van der Waals surface area contributed by atoms with Gasteiger partial charge in [-0.2, -0.15) is 0 Å². The molecule has 0 aliphatic carbocycles. The van der Waals surface area contributed by atoms with Crippen LogP contribution < -0.4 is 14.8 Å². The topological polar surface area (TPSA) is 60.5 Å². The lowest BCUT2D eigenvalue weighted by atomic mass is 10.2. The first-order chi connectivity index (χ1) is 10.6. The molecule has 0 spiro atoms. The fourth-order valence-electron chi connectivity index (χ4n) is 1.80. The quantitative estimate of drug-likeness (QED) is 0.787. The van der Waals surface area contributed by atoms with E-state index in [2.05, 4.69) is 10.3 Å². The summed E-state index contributed by atoms with van der Waals surface area (Å²) in [6.45, 7) is 2.32. The van der Waals surface area contributed by atoms with Crippen molar-refractivity contribution >= 4 is 29.0 Å². The zero-order chi connectivity index (χ0) is 15.9. The molecule has 1 aromatic heterocycles. The van der Waals surface area contributed by atoms with Crippen LogP contribution in [0.2, 0.25) is 0 Å². The van der Waals surface area contributed by atoms with Crippen molar-refractivity contribution in [2.45, 2.75) is 23.1 Å². The first-order valence-corrected chi connectivity index (χ1v) is 8.44. The highest BCUT2D eigenvalue weighted by Gasteiger charge is 2.15. The molecule has 7 heteroatoms. The van der Waals surface area contributed by atoms with Crippen LogP contribution in [-0.4, -0.2) is 30.4 Å². The fraction of sp³-hybridized carbons (Fsp3) is 0.333. The molecule has 2 rings (SSSR count). The van der Waals surface area contributed by atoms with Crippen molar-refractivity contribution in [2.75, 3.05) is 14.2 Å². The van der Waals surface area contributed by atoms with Crippen molar-refractivity contribution in [3.05, 3.63) is 35.3 Å². The van der Waals surface area contributed by atoms with E-state index in [0.29, 0.717) is 18.0 Å². The predicted molar refractivity (Wildman–Crippen MR) is 88.8 cm³/mol. The van der Waals surface area contributed by atoms with E-state index >= 15 is 0 Å². The van der Waals surface area contributed by atoms with Gasteiger partial charge in [0.1, 0.15) is 0 Å². The normalized spacial score (nSPS) is 11.8. The molecular weight excluding hydrogens is 320 g/mol. The molecule has 0 aliphatic rings. The summed E-state index contributed by atoms with van der Waals surface area (Å²) in [6, 6.07) is 5.59. The van der Waals surface area contributed by atoms with Gasteiger partial charge in [0.25, 0.3) is 0 Å². The summed E-state index contributed by atoms with van der Waals surface area (Å²) in [7, 11) is 3.18. The predicted octanol–water partition coefficient (Wildman–Crippen LogP) is 2.96. The molecular formula is C15H18N2O3S2. The Hall–Kier alpha value is -1.73. The largest absolute Gasteiger partial charge is 0.493 e. The molecule has 0 aliphatic heterocycles. The molecule has 22 heavy (non-hydrogen) atoms. The van der Waals surface area contributed by atoms with Gasteiger partial charge in [-0.15, -0.1) is 11.3 Å². The van der Waals surface area contributed by atoms with Crippen LogP contribution in [0.25, 0.3) is 0 Å². The molecule has 1 unspecified atom stereocenters. The van der Waals surface area contributed by atoms with E-state index in [0.717, 1.165) is 9.90 Å². The number of carbonyl (C=O) groups is 1. The van der Waals surface area contributed by atoms with E-state index in [4.69, 9.17) is 9.47 Å². The summed E-state index contributed by atoms with van der Waals surface area (Å²) in [5.74, 6) is 1.31. The molecule has 1 aromatic carbocycles. The van der Waals surface area contributed by atoms with Crippen LogP contribution >= 0.6 is 23.1 Å². The zero-order valence-corrected chi connectivity index (χ0v) is 14.3. The van der Waals surface area contributed by atoms with E-state index in [1.54, 1.807) is 20.4 Å². The van der Waals surface area contributed by atoms with Crippen molar-refractivity contribution in [1.82, 2.24) is 10.3 Å². The number of thiazole rings is 1. The van der Waals surface area contributed by atoms with Gasteiger partial charge >= 0.3 is 0 Å². The highest BCUT2D eigenvalue weighted by Crippen LogP contribution is 2.28. The Morgan fingerprint density at radius 1 is 1.36 bits per heavy atom. The number of thioether (sulfide) groups is 1. The Labute approximate surface area is 138 Å². The Morgan fingerprint density at radius 2 is 2.14 bits per heavy atom. The number of nitrogens with zero attached hydrogens (tertiary/aromatic N) is 1. The highest BCUT2D eigenvalue weighted by atomic mass is 32.2. The third-order valence-electron chi connectivity index (χ3n) is 2.97. The molecule has 1 amide bonds. The SMILES string of the molecule is COc1ccc(CNC(=O)C(C)Sc2nccs2)cc1OC. The minimum absolute atomic E-state index is 0.0185. The minimum atomic E-state index is -0.189. The summed E-state index contributed by atoms with van der Waals surface area (Å²) < 4.78 is 11.3. The fourth-order valence-corrected chi connectivity index (χ4v) is 3.59. The van der Waals surface area contributed by atoms with E-state index < -0.39 is 0 Å². The average molecular weight is 338 g/mol. The minimum Gasteiger partial charge on any atom is -0.493 e. The first kappa shape index (κ1) is 16.6. The molecule has 1 N–H and O–H groups in total. The molecule has 0 saturated heterocycles. The Bertz CT molecular complexity index is 617. The number of hydrogen-bond donors (Lipinski definition) is 1. The molecule has 1 heterocycles. The number of nitrogens with one attached hydrogen (secondary N) is 1. The van der Waals surface area contributed by atoms with Gasteiger partial charge in [0.05, 0.1) is 19.5 Å². The molecule has 0 fully saturated rings. The molecule has 0 bridgehead atoms. The van der Waals surface area contributed by atoms with Gasteiger partial charge in [-0.3, -0.25) is 4.79 Å². The smallest absolute Gasteiger partial charge is 0.233 e.